The van der Waals surface area contributed by atoms with Crippen molar-refractivity contribution in [1.82, 2.24) is 4.90 Å². The lowest BCUT2D eigenvalue weighted by atomic mass is 10.0. The van der Waals surface area contributed by atoms with Gasteiger partial charge in [0.05, 0.1) is 11.5 Å². The van der Waals surface area contributed by atoms with E-state index in [-0.39, 0.29) is 11.5 Å². The number of rotatable bonds is 2. The van der Waals surface area contributed by atoms with Crippen molar-refractivity contribution >= 4 is 15.8 Å². The monoisotopic (exact) mass is 193 g/mol. The molecule has 1 fully saturated rings. The summed E-state index contributed by atoms with van der Waals surface area (Å²) in [5, 5.41) is 8.78. The molecule has 1 aliphatic heterocycles. The zero-order valence-corrected chi connectivity index (χ0v) is 7.76. The van der Waals surface area contributed by atoms with E-state index in [2.05, 4.69) is 0 Å². The second kappa shape index (κ2) is 2.43. The van der Waals surface area contributed by atoms with Gasteiger partial charge in [0.1, 0.15) is 5.54 Å². The lowest BCUT2D eigenvalue weighted by Gasteiger charge is -2.42. The molecule has 6 heteroatoms. The van der Waals surface area contributed by atoms with Crippen LogP contribution in [-0.2, 0) is 14.6 Å². The van der Waals surface area contributed by atoms with Crippen LogP contribution >= 0.6 is 0 Å². The molecule has 1 saturated heterocycles. The summed E-state index contributed by atoms with van der Waals surface area (Å²) >= 11 is 0. The molecule has 0 aromatic heterocycles. The van der Waals surface area contributed by atoms with Crippen LogP contribution in [0.15, 0.2) is 0 Å². The number of carbonyl (C=O) groups is 1. The van der Waals surface area contributed by atoms with Crippen LogP contribution in [0.5, 0.6) is 0 Å². The van der Waals surface area contributed by atoms with E-state index in [1.165, 1.54) is 4.90 Å². The van der Waals surface area contributed by atoms with Crippen molar-refractivity contribution in [3.63, 3.8) is 0 Å². The zero-order chi connectivity index (χ0) is 9.57. The molecule has 0 atom stereocenters. The van der Waals surface area contributed by atoms with Crippen molar-refractivity contribution in [2.24, 2.45) is 0 Å². The van der Waals surface area contributed by atoms with E-state index >= 15 is 0 Å². The summed E-state index contributed by atoms with van der Waals surface area (Å²) in [5.41, 5.74) is -1.18. The topological polar surface area (TPSA) is 74.7 Å². The number of nitrogens with zero attached hydrogens (tertiary/aromatic N) is 1. The Labute approximate surface area is 70.9 Å². The summed E-state index contributed by atoms with van der Waals surface area (Å²) in [6.07, 6.45) is 0. The molecule has 1 N–H and O–H groups in total. The summed E-state index contributed by atoms with van der Waals surface area (Å²) in [7, 11) is 0.0428. The Kier molecular flexibility index (Phi) is 1.92. The first-order chi connectivity index (χ1) is 5.30. The molecule has 0 spiro atoms. The number of sulfone groups is 1. The van der Waals surface area contributed by atoms with Crippen molar-refractivity contribution in [3.8, 4) is 0 Å². The SMILES string of the molecule is CN(C)C1(C(=O)O)CS(=O)(=O)C1. The molecule has 1 heterocycles. The minimum Gasteiger partial charge on any atom is -0.480 e. The zero-order valence-electron chi connectivity index (χ0n) is 6.94. The van der Waals surface area contributed by atoms with E-state index < -0.39 is 21.3 Å². The van der Waals surface area contributed by atoms with Gasteiger partial charge in [0.25, 0.3) is 0 Å². The Morgan fingerprint density at radius 1 is 1.42 bits per heavy atom. The average molecular weight is 193 g/mol. The quantitative estimate of drug-likeness (QED) is 0.596. The van der Waals surface area contributed by atoms with E-state index in [1.54, 1.807) is 14.1 Å². The highest BCUT2D eigenvalue weighted by atomic mass is 32.2. The molecule has 1 rings (SSSR count). The van der Waals surface area contributed by atoms with E-state index in [1.807, 2.05) is 0 Å². The summed E-state index contributed by atoms with van der Waals surface area (Å²) < 4.78 is 21.6. The molecule has 0 aromatic carbocycles. The number of likely N-dealkylation sites (N-methyl/N-ethyl adjacent to an activating group) is 1. The van der Waals surface area contributed by atoms with Crippen LogP contribution in [0.4, 0.5) is 0 Å². The van der Waals surface area contributed by atoms with Crippen LogP contribution in [0.3, 0.4) is 0 Å². The third-order valence-corrected chi connectivity index (χ3v) is 4.01. The highest BCUT2D eigenvalue weighted by Gasteiger charge is 2.56. The van der Waals surface area contributed by atoms with Gasteiger partial charge >= 0.3 is 5.97 Å². The maximum absolute atomic E-state index is 10.8. The van der Waals surface area contributed by atoms with Gasteiger partial charge in [-0.1, -0.05) is 0 Å². The van der Waals surface area contributed by atoms with Gasteiger partial charge in [-0.15, -0.1) is 0 Å². The molecule has 70 valence electrons. The normalized spacial score (nSPS) is 24.9. The van der Waals surface area contributed by atoms with Crippen LogP contribution in [-0.4, -0.2) is 55.5 Å². The van der Waals surface area contributed by atoms with E-state index in [0.717, 1.165) is 0 Å². The van der Waals surface area contributed by atoms with Crippen LogP contribution in [0, 0.1) is 0 Å². The number of carboxylic acid groups (broad SMARTS) is 1. The highest BCUT2D eigenvalue weighted by molar-refractivity contribution is 7.93. The van der Waals surface area contributed by atoms with Crippen molar-refractivity contribution in [2.75, 3.05) is 25.6 Å². The summed E-state index contributed by atoms with van der Waals surface area (Å²) in [6, 6.07) is 0. The second-order valence-corrected chi connectivity index (χ2v) is 5.33. The van der Waals surface area contributed by atoms with E-state index in [4.69, 9.17) is 5.11 Å². The Bertz CT molecular complexity index is 294. The van der Waals surface area contributed by atoms with Crippen LogP contribution in [0.25, 0.3) is 0 Å². The van der Waals surface area contributed by atoms with E-state index in [0.29, 0.717) is 0 Å². The van der Waals surface area contributed by atoms with Crippen LogP contribution < -0.4 is 0 Å². The van der Waals surface area contributed by atoms with Gasteiger partial charge in [-0.25, -0.2) is 8.42 Å². The van der Waals surface area contributed by atoms with Crippen LogP contribution in [0.1, 0.15) is 0 Å². The van der Waals surface area contributed by atoms with Gasteiger partial charge in [0.2, 0.25) is 0 Å². The molecule has 5 nitrogen and oxygen atoms in total. The number of hydrogen-bond acceptors (Lipinski definition) is 4. The fourth-order valence-electron chi connectivity index (χ4n) is 1.26. The van der Waals surface area contributed by atoms with Crippen molar-refractivity contribution in [2.45, 2.75) is 5.54 Å². The van der Waals surface area contributed by atoms with Gasteiger partial charge < -0.3 is 5.11 Å². The molecule has 0 amide bonds. The minimum atomic E-state index is -3.10. The number of hydrogen-bond donors (Lipinski definition) is 1. The molecule has 12 heavy (non-hydrogen) atoms. The average Bonchev–Trinajstić information content (AvgIpc) is 1.80. The molecular formula is C6H11NO4S. The number of aliphatic carboxylic acids is 1. The predicted molar refractivity (Wildman–Crippen MR) is 42.7 cm³/mol. The van der Waals surface area contributed by atoms with Crippen molar-refractivity contribution < 1.29 is 18.3 Å². The van der Waals surface area contributed by atoms with Crippen molar-refractivity contribution in [1.29, 1.82) is 0 Å². The predicted octanol–water partition coefficient (Wildman–Crippen LogP) is -1.20. The molecule has 0 aromatic rings. The second-order valence-electron chi connectivity index (χ2n) is 3.26. The smallest absolute Gasteiger partial charge is 0.326 e. The third kappa shape index (κ3) is 1.21. The van der Waals surface area contributed by atoms with E-state index in [9.17, 15) is 13.2 Å². The van der Waals surface area contributed by atoms with Gasteiger partial charge in [-0.05, 0) is 14.1 Å². The molecule has 0 saturated carbocycles. The Morgan fingerprint density at radius 3 is 1.92 bits per heavy atom. The first kappa shape index (κ1) is 9.47. The number of carboxylic acids is 1. The Morgan fingerprint density at radius 2 is 1.83 bits per heavy atom. The lowest BCUT2D eigenvalue weighted by Crippen LogP contribution is -2.67. The fourth-order valence-corrected chi connectivity index (χ4v) is 3.39. The van der Waals surface area contributed by atoms with Crippen LogP contribution in [0.2, 0.25) is 0 Å². The molecule has 0 bridgehead atoms. The lowest BCUT2D eigenvalue weighted by molar-refractivity contribution is -0.148. The Hall–Kier alpha value is -0.620. The largest absolute Gasteiger partial charge is 0.480 e. The van der Waals surface area contributed by atoms with Gasteiger partial charge in [-0.3, -0.25) is 9.69 Å². The Balaban J connectivity index is 2.90. The molecule has 0 aliphatic carbocycles. The maximum atomic E-state index is 10.8. The van der Waals surface area contributed by atoms with Gasteiger partial charge in [0.15, 0.2) is 9.84 Å². The first-order valence-electron chi connectivity index (χ1n) is 3.41. The summed E-state index contributed by atoms with van der Waals surface area (Å²) in [6.45, 7) is 0. The van der Waals surface area contributed by atoms with Crippen molar-refractivity contribution in [3.05, 3.63) is 0 Å². The fraction of sp³-hybridized carbons (Fsp3) is 0.833. The van der Waals surface area contributed by atoms with Gasteiger partial charge in [-0.2, -0.15) is 0 Å². The molecular weight excluding hydrogens is 182 g/mol. The summed E-state index contributed by atoms with van der Waals surface area (Å²) in [4.78, 5) is 12.2. The molecule has 0 radical (unpaired) electrons. The maximum Gasteiger partial charge on any atom is 0.326 e. The minimum absolute atomic E-state index is 0.275. The molecule has 1 aliphatic rings. The standard InChI is InChI=1S/C6H11NO4S/c1-7(2)6(5(8)9)3-12(10,11)4-6/h3-4H2,1-2H3,(H,8,9). The van der Waals surface area contributed by atoms with Gasteiger partial charge in [0, 0.05) is 0 Å². The summed E-state index contributed by atoms with van der Waals surface area (Å²) in [5.74, 6) is -1.62. The third-order valence-electron chi connectivity index (χ3n) is 2.17. The first-order valence-corrected chi connectivity index (χ1v) is 5.23. The highest BCUT2D eigenvalue weighted by Crippen LogP contribution is 2.28. The molecule has 0 unspecified atom stereocenters.